The number of esters is 1. The van der Waals surface area contributed by atoms with Gasteiger partial charge in [0.15, 0.2) is 6.61 Å². The predicted molar refractivity (Wildman–Crippen MR) is 97.1 cm³/mol. The number of hydrogen-bond acceptors (Lipinski definition) is 4. The summed E-state index contributed by atoms with van der Waals surface area (Å²) in [6.07, 6.45) is -4.66. The van der Waals surface area contributed by atoms with Gasteiger partial charge < -0.3 is 20.1 Å². The first-order valence-corrected chi connectivity index (χ1v) is 8.58. The van der Waals surface area contributed by atoms with Crippen molar-refractivity contribution in [3.8, 4) is 11.5 Å². The molecule has 9 heteroatoms. The maximum Gasteiger partial charge on any atom is 0.422 e. The molecule has 0 aromatic heterocycles. The summed E-state index contributed by atoms with van der Waals surface area (Å²) < 4.78 is 47.4. The fourth-order valence-corrected chi connectivity index (χ4v) is 2.82. The van der Waals surface area contributed by atoms with Crippen LogP contribution in [0.3, 0.4) is 0 Å². The number of nitrogens with one attached hydrogen (secondary N) is 2. The third-order valence-corrected chi connectivity index (χ3v) is 4.03. The summed E-state index contributed by atoms with van der Waals surface area (Å²) in [5.41, 5.74) is 0.442. The zero-order chi connectivity index (χ0) is 21.0. The molecule has 0 bridgehead atoms. The van der Waals surface area contributed by atoms with Crippen molar-refractivity contribution in [3.63, 3.8) is 0 Å². The highest BCUT2D eigenvalue weighted by Gasteiger charge is 2.35. The van der Waals surface area contributed by atoms with Crippen LogP contribution in [0.4, 0.5) is 18.0 Å². The van der Waals surface area contributed by atoms with Crippen LogP contribution in [0.1, 0.15) is 18.5 Å². The minimum atomic E-state index is -4.66. The topological polar surface area (TPSA) is 76.7 Å². The van der Waals surface area contributed by atoms with Crippen LogP contribution in [-0.4, -0.2) is 24.8 Å². The molecular weight excluding hydrogens is 389 g/mol. The third-order valence-electron chi connectivity index (χ3n) is 4.03. The Kier molecular flexibility index (Phi) is 5.76. The van der Waals surface area contributed by atoms with Gasteiger partial charge in [0, 0.05) is 5.70 Å². The maximum absolute atomic E-state index is 12.4. The van der Waals surface area contributed by atoms with E-state index in [4.69, 9.17) is 4.74 Å². The van der Waals surface area contributed by atoms with E-state index >= 15 is 0 Å². The maximum atomic E-state index is 12.4. The number of allylic oxidation sites excluding steroid dienone is 1. The summed E-state index contributed by atoms with van der Waals surface area (Å²) in [4.78, 5) is 24.2. The number of benzene rings is 2. The zero-order valence-electron chi connectivity index (χ0n) is 15.2. The Hall–Kier alpha value is -3.49. The molecule has 0 saturated carbocycles. The Balaban J connectivity index is 1.88. The quantitative estimate of drug-likeness (QED) is 0.730. The van der Waals surface area contributed by atoms with Crippen molar-refractivity contribution >= 4 is 12.0 Å². The molecule has 0 fully saturated rings. The summed E-state index contributed by atoms with van der Waals surface area (Å²) >= 11 is 0. The SMILES string of the molecule is CC1=C(C(=O)OCC(F)(F)F)C(c2cccc(Oc3ccccc3)c2)NC(=O)N1. The van der Waals surface area contributed by atoms with Crippen LogP contribution in [0.25, 0.3) is 0 Å². The lowest BCUT2D eigenvalue weighted by atomic mass is 9.95. The molecule has 2 aromatic carbocycles. The van der Waals surface area contributed by atoms with Crippen molar-refractivity contribution in [2.75, 3.05) is 6.61 Å². The van der Waals surface area contributed by atoms with Crippen molar-refractivity contribution in [2.24, 2.45) is 0 Å². The first-order chi connectivity index (χ1) is 13.7. The third kappa shape index (κ3) is 5.28. The van der Waals surface area contributed by atoms with Gasteiger partial charge in [0.25, 0.3) is 0 Å². The molecule has 1 aliphatic rings. The molecule has 2 amide bonds. The molecule has 1 aliphatic heterocycles. The highest BCUT2D eigenvalue weighted by Crippen LogP contribution is 2.31. The average molecular weight is 406 g/mol. The Morgan fingerprint density at radius 2 is 1.76 bits per heavy atom. The molecule has 152 valence electrons. The van der Waals surface area contributed by atoms with Gasteiger partial charge in [0.1, 0.15) is 11.5 Å². The molecule has 0 aliphatic carbocycles. The Morgan fingerprint density at radius 1 is 1.07 bits per heavy atom. The van der Waals surface area contributed by atoms with Gasteiger partial charge >= 0.3 is 18.2 Å². The number of rotatable bonds is 5. The molecule has 6 nitrogen and oxygen atoms in total. The minimum Gasteiger partial charge on any atom is -0.457 e. The van der Waals surface area contributed by atoms with Gasteiger partial charge in [0.05, 0.1) is 11.6 Å². The Bertz CT molecular complexity index is 942. The number of alkyl halides is 3. The first-order valence-electron chi connectivity index (χ1n) is 8.58. The number of amides is 2. The van der Waals surface area contributed by atoms with Crippen LogP contribution in [0.5, 0.6) is 11.5 Å². The van der Waals surface area contributed by atoms with Crippen LogP contribution in [-0.2, 0) is 9.53 Å². The summed E-state index contributed by atoms with van der Waals surface area (Å²) in [5.74, 6) is -0.163. The number of carbonyl (C=O) groups is 2. The number of para-hydroxylation sites is 1. The lowest BCUT2D eigenvalue weighted by Crippen LogP contribution is -2.45. The van der Waals surface area contributed by atoms with Crippen LogP contribution >= 0.6 is 0 Å². The van der Waals surface area contributed by atoms with Gasteiger partial charge in [-0.1, -0.05) is 30.3 Å². The average Bonchev–Trinajstić information content (AvgIpc) is 2.66. The van der Waals surface area contributed by atoms with E-state index < -0.39 is 30.8 Å². The van der Waals surface area contributed by atoms with Crippen LogP contribution in [0, 0.1) is 0 Å². The van der Waals surface area contributed by atoms with E-state index in [9.17, 15) is 22.8 Å². The van der Waals surface area contributed by atoms with E-state index in [2.05, 4.69) is 15.4 Å². The smallest absolute Gasteiger partial charge is 0.422 e. The summed E-state index contributed by atoms with van der Waals surface area (Å²) in [7, 11) is 0. The molecule has 2 N–H and O–H groups in total. The number of urea groups is 1. The van der Waals surface area contributed by atoms with E-state index in [0.717, 1.165) is 0 Å². The van der Waals surface area contributed by atoms with Gasteiger partial charge in [0.2, 0.25) is 0 Å². The fraction of sp³-hybridized carbons (Fsp3) is 0.200. The van der Waals surface area contributed by atoms with E-state index in [1.54, 1.807) is 48.5 Å². The second kappa shape index (κ2) is 8.26. The summed E-state index contributed by atoms with van der Waals surface area (Å²) in [6.45, 7) is -0.305. The molecule has 0 saturated heterocycles. The lowest BCUT2D eigenvalue weighted by molar-refractivity contribution is -0.183. The largest absolute Gasteiger partial charge is 0.457 e. The highest BCUT2D eigenvalue weighted by atomic mass is 19.4. The molecular formula is C20H17F3N2O4. The van der Waals surface area contributed by atoms with E-state index in [0.29, 0.717) is 17.1 Å². The molecule has 1 heterocycles. The number of carbonyl (C=O) groups excluding carboxylic acids is 2. The van der Waals surface area contributed by atoms with Crippen molar-refractivity contribution in [1.29, 1.82) is 0 Å². The van der Waals surface area contributed by atoms with Gasteiger partial charge in [-0.25, -0.2) is 9.59 Å². The molecule has 0 radical (unpaired) electrons. The molecule has 1 unspecified atom stereocenters. The monoisotopic (exact) mass is 406 g/mol. The van der Waals surface area contributed by atoms with Gasteiger partial charge in [-0.15, -0.1) is 0 Å². The standard InChI is InChI=1S/C20H17F3N2O4/c1-12-16(18(26)28-11-20(21,22)23)17(25-19(27)24-12)13-6-5-9-15(10-13)29-14-7-3-2-4-8-14/h2-10,17H,11H2,1H3,(H2,24,25,27). The van der Waals surface area contributed by atoms with Crippen molar-refractivity contribution in [1.82, 2.24) is 10.6 Å². The highest BCUT2D eigenvalue weighted by molar-refractivity contribution is 5.95. The summed E-state index contributed by atoms with van der Waals surface area (Å²) in [6, 6.07) is 13.9. The number of hydrogen-bond donors (Lipinski definition) is 2. The molecule has 3 rings (SSSR count). The molecule has 0 spiro atoms. The molecule has 2 aromatic rings. The van der Waals surface area contributed by atoms with Gasteiger partial charge in [-0.05, 0) is 36.8 Å². The van der Waals surface area contributed by atoms with Crippen LogP contribution < -0.4 is 15.4 Å². The molecule has 29 heavy (non-hydrogen) atoms. The lowest BCUT2D eigenvalue weighted by Gasteiger charge is -2.28. The second-order valence-corrected chi connectivity index (χ2v) is 6.25. The van der Waals surface area contributed by atoms with E-state index in [1.807, 2.05) is 6.07 Å². The van der Waals surface area contributed by atoms with E-state index in [-0.39, 0.29) is 11.3 Å². The normalized spacial score (nSPS) is 16.7. The van der Waals surface area contributed by atoms with Gasteiger partial charge in [-0.3, -0.25) is 0 Å². The van der Waals surface area contributed by atoms with Crippen LogP contribution in [0.15, 0.2) is 65.9 Å². The van der Waals surface area contributed by atoms with E-state index in [1.165, 1.54) is 6.92 Å². The predicted octanol–water partition coefficient (Wildman–Crippen LogP) is 4.21. The Morgan fingerprint density at radius 3 is 2.45 bits per heavy atom. The molecule has 1 atom stereocenters. The van der Waals surface area contributed by atoms with Gasteiger partial charge in [-0.2, -0.15) is 13.2 Å². The van der Waals surface area contributed by atoms with Crippen LogP contribution in [0.2, 0.25) is 0 Å². The first kappa shape index (κ1) is 20.2. The fourth-order valence-electron chi connectivity index (χ4n) is 2.82. The summed E-state index contributed by atoms with van der Waals surface area (Å²) in [5, 5.41) is 4.91. The Labute approximate surface area is 164 Å². The van der Waals surface area contributed by atoms with Crippen molar-refractivity contribution < 1.29 is 32.2 Å². The zero-order valence-corrected chi connectivity index (χ0v) is 15.2. The van der Waals surface area contributed by atoms with Crippen molar-refractivity contribution in [2.45, 2.75) is 19.1 Å². The second-order valence-electron chi connectivity index (χ2n) is 6.25. The minimum absolute atomic E-state index is 0.111. The number of halogens is 3. The number of ether oxygens (including phenoxy) is 2. The van der Waals surface area contributed by atoms with Crippen molar-refractivity contribution in [3.05, 3.63) is 71.4 Å².